The summed E-state index contributed by atoms with van der Waals surface area (Å²) in [6.45, 7) is 7.04. The van der Waals surface area contributed by atoms with Gasteiger partial charge in [0.2, 0.25) is 27.4 Å². The van der Waals surface area contributed by atoms with E-state index < -0.39 is 74.3 Å². The van der Waals surface area contributed by atoms with Crippen molar-refractivity contribution in [2.45, 2.75) is 120 Å². The number of carbonyl (C=O) groups excluding carboxylic acids is 4. The van der Waals surface area contributed by atoms with E-state index in [1.165, 1.54) is 4.90 Å². The van der Waals surface area contributed by atoms with Crippen molar-refractivity contribution < 1.29 is 46.2 Å². The van der Waals surface area contributed by atoms with E-state index in [1.54, 1.807) is 40.0 Å². The molecule has 2 aromatic carbocycles. The lowest BCUT2D eigenvalue weighted by atomic mass is 10.0. The highest BCUT2D eigenvalue weighted by molar-refractivity contribution is 7.91. The van der Waals surface area contributed by atoms with Crippen LogP contribution in [0.5, 0.6) is 11.6 Å². The largest absolute Gasteiger partial charge is 0.497 e. The average molecular weight is 857 g/mol. The van der Waals surface area contributed by atoms with Crippen LogP contribution in [0.15, 0.2) is 59.0 Å². The average Bonchev–Trinajstić information content (AvgIpc) is 4.11. The van der Waals surface area contributed by atoms with Crippen LogP contribution in [0.1, 0.15) is 84.1 Å². The van der Waals surface area contributed by atoms with Gasteiger partial charge in [-0.3, -0.25) is 19.1 Å². The van der Waals surface area contributed by atoms with E-state index in [1.807, 2.05) is 49.4 Å². The third-order valence-electron chi connectivity index (χ3n) is 11.6. The minimum absolute atomic E-state index is 0.0298. The van der Waals surface area contributed by atoms with Crippen LogP contribution in [0, 0.1) is 12.8 Å². The van der Waals surface area contributed by atoms with Gasteiger partial charge in [-0.1, -0.05) is 36.6 Å². The van der Waals surface area contributed by atoms with E-state index in [0.717, 1.165) is 23.8 Å². The van der Waals surface area contributed by atoms with Gasteiger partial charge in [-0.05, 0) is 103 Å². The fourth-order valence-electron chi connectivity index (χ4n) is 8.14. The Kier molecular flexibility index (Phi) is 11.2. The van der Waals surface area contributed by atoms with Gasteiger partial charge in [-0.25, -0.2) is 18.2 Å². The summed E-state index contributed by atoms with van der Waals surface area (Å²) in [6.07, 6.45) is 6.33. The molecule has 4 aromatic rings. The number of fused-ring (bicyclic) bond motifs is 5. The summed E-state index contributed by atoms with van der Waals surface area (Å²) < 4.78 is 52.0. The number of alkyl carbamates (subject to hydrolysis) is 1. The molecule has 4 amide bonds. The molecule has 5 atom stereocenters. The van der Waals surface area contributed by atoms with Gasteiger partial charge in [0.1, 0.15) is 46.2 Å². The lowest BCUT2D eigenvalue weighted by molar-refractivity contribution is -0.141. The summed E-state index contributed by atoms with van der Waals surface area (Å²) in [7, 11) is -2.35. The van der Waals surface area contributed by atoms with E-state index in [2.05, 4.69) is 15.4 Å². The van der Waals surface area contributed by atoms with Crippen LogP contribution in [0.3, 0.4) is 0 Å². The zero-order valence-electron chi connectivity index (χ0n) is 35.0. The van der Waals surface area contributed by atoms with Gasteiger partial charge in [0.15, 0.2) is 5.82 Å². The van der Waals surface area contributed by atoms with Crippen molar-refractivity contribution in [2.75, 3.05) is 13.7 Å². The second kappa shape index (κ2) is 16.3. The van der Waals surface area contributed by atoms with Crippen LogP contribution < -0.4 is 24.8 Å². The third kappa shape index (κ3) is 9.02. The van der Waals surface area contributed by atoms with Crippen LogP contribution in [0.4, 0.5) is 4.79 Å². The standard InChI is InChI=1S/C44H52N6O10S/c1-25-13-20-34-31(21-25)35-36(59-34)39(47-37(46-35)26-14-16-28(57-5)17-15-26)58-29-22-33-38(51)48-44(41(53)49-61(55,56)30-18-19-30)23-27(44)11-9-7-6-8-10-12-32(40(52)50(33)24-29)45-42(54)60-43(2,3)4/h9,11,13-17,20-21,27,29-30,32-33H,6-8,10,12,18-19,22-24H2,1-5H3,(H,45,54)(H,48,51)(H,49,53)/b11-9-/t27-,29+,32-,33-,44+/m0/s1. The van der Waals surface area contributed by atoms with Crippen LogP contribution in [0.2, 0.25) is 0 Å². The maximum atomic E-state index is 14.7. The number of amides is 4. The first-order valence-electron chi connectivity index (χ1n) is 20.9. The number of furan rings is 1. The first-order chi connectivity index (χ1) is 29.0. The van der Waals surface area contributed by atoms with Crippen LogP contribution in [0.25, 0.3) is 33.5 Å². The molecule has 16 nitrogen and oxygen atoms in total. The number of allylic oxidation sites excluding steroid dienone is 1. The van der Waals surface area contributed by atoms with Crippen molar-refractivity contribution in [2.24, 2.45) is 5.92 Å². The molecule has 0 bridgehead atoms. The number of aryl methyl sites for hydroxylation is 1. The first-order valence-corrected chi connectivity index (χ1v) is 22.4. The summed E-state index contributed by atoms with van der Waals surface area (Å²) in [4.78, 5) is 67.5. The fraction of sp³-hybridized carbons (Fsp3) is 0.500. The molecule has 324 valence electrons. The Hall–Kier alpha value is -5.71. The van der Waals surface area contributed by atoms with E-state index in [9.17, 15) is 27.6 Å². The molecule has 4 heterocycles. The second-order valence-corrected chi connectivity index (χ2v) is 19.5. The molecular formula is C44H52N6O10S. The van der Waals surface area contributed by atoms with Gasteiger partial charge >= 0.3 is 6.09 Å². The summed E-state index contributed by atoms with van der Waals surface area (Å²) in [5.74, 6) is -1.36. The van der Waals surface area contributed by atoms with Gasteiger partial charge < -0.3 is 34.2 Å². The highest BCUT2D eigenvalue weighted by Gasteiger charge is 2.62. The second-order valence-electron chi connectivity index (χ2n) is 17.6. The fourth-order valence-corrected chi connectivity index (χ4v) is 9.50. The lowest BCUT2D eigenvalue weighted by Crippen LogP contribution is -2.58. The molecule has 4 aliphatic rings. The molecule has 0 radical (unpaired) electrons. The van der Waals surface area contributed by atoms with E-state index in [4.69, 9.17) is 28.6 Å². The van der Waals surface area contributed by atoms with E-state index >= 15 is 0 Å². The number of ether oxygens (including phenoxy) is 3. The van der Waals surface area contributed by atoms with Gasteiger partial charge in [-0.15, -0.1) is 0 Å². The molecule has 3 fully saturated rings. The smallest absolute Gasteiger partial charge is 0.408 e. The van der Waals surface area contributed by atoms with Crippen LogP contribution in [-0.2, 0) is 29.1 Å². The SMILES string of the molecule is COc1ccc(-c2nc(O[C@@H]3C[C@H]4C(=O)N[C@]5(C(=O)NS(=O)(=O)C6CC6)C[C@@H]5/C=C\CCCCC[C@H](NC(=O)OC(C)(C)C)C(=O)N4C3)c3oc4ccc(C)cc4c3n2)cc1. The van der Waals surface area contributed by atoms with Crippen LogP contribution >= 0.6 is 0 Å². The number of nitrogens with one attached hydrogen (secondary N) is 3. The van der Waals surface area contributed by atoms with Crippen LogP contribution in [-0.4, -0.2) is 95.3 Å². The Balaban J connectivity index is 1.15. The van der Waals surface area contributed by atoms with Crippen molar-refractivity contribution in [3.8, 4) is 23.0 Å². The summed E-state index contributed by atoms with van der Waals surface area (Å²) >= 11 is 0. The molecule has 8 rings (SSSR count). The lowest BCUT2D eigenvalue weighted by Gasteiger charge is -2.30. The molecular weight excluding hydrogens is 805 g/mol. The number of methoxy groups -OCH3 is 1. The Labute approximate surface area is 354 Å². The van der Waals surface area contributed by atoms with Crippen molar-refractivity contribution >= 4 is 55.9 Å². The predicted molar refractivity (Wildman–Crippen MR) is 225 cm³/mol. The van der Waals surface area contributed by atoms with Crippen molar-refractivity contribution in [3.63, 3.8) is 0 Å². The molecule has 61 heavy (non-hydrogen) atoms. The number of benzene rings is 2. The molecule has 17 heteroatoms. The third-order valence-corrected chi connectivity index (χ3v) is 13.4. The Bertz CT molecular complexity index is 2510. The quantitative estimate of drug-likeness (QED) is 0.185. The molecule has 1 saturated heterocycles. The Morgan fingerprint density at radius 2 is 1.79 bits per heavy atom. The monoisotopic (exact) mass is 856 g/mol. The van der Waals surface area contributed by atoms with Crippen molar-refractivity contribution in [1.29, 1.82) is 0 Å². The van der Waals surface area contributed by atoms with Crippen molar-refractivity contribution in [1.82, 2.24) is 30.2 Å². The van der Waals surface area contributed by atoms with Gasteiger partial charge in [0.25, 0.3) is 11.8 Å². The number of rotatable bonds is 8. The number of hydrogen-bond donors (Lipinski definition) is 3. The minimum atomic E-state index is -3.93. The number of carbonyl (C=O) groups is 4. The minimum Gasteiger partial charge on any atom is -0.497 e. The molecule has 0 unspecified atom stereocenters. The van der Waals surface area contributed by atoms with E-state index in [-0.39, 0.29) is 37.3 Å². The predicted octanol–water partition coefficient (Wildman–Crippen LogP) is 5.61. The Morgan fingerprint density at radius 1 is 1.02 bits per heavy atom. The normalized spacial score (nSPS) is 25.4. The molecule has 3 N–H and O–H groups in total. The van der Waals surface area contributed by atoms with Gasteiger partial charge in [0.05, 0.1) is 18.9 Å². The highest BCUT2D eigenvalue weighted by Crippen LogP contribution is 2.46. The molecule has 2 aromatic heterocycles. The molecule has 2 aliphatic heterocycles. The highest BCUT2D eigenvalue weighted by atomic mass is 32.2. The van der Waals surface area contributed by atoms with Gasteiger partial charge in [-0.2, -0.15) is 4.98 Å². The number of nitrogens with zero attached hydrogens (tertiary/aromatic N) is 3. The first kappa shape index (κ1) is 42.0. The number of hydrogen-bond acceptors (Lipinski definition) is 12. The summed E-state index contributed by atoms with van der Waals surface area (Å²) in [5.41, 5.74) is 0.654. The number of sulfonamides is 1. The maximum Gasteiger partial charge on any atom is 0.408 e. The molecule has 0 spiro atoms. The Morgan fingerprint density at radius 3 is 2.51 bits per heavy atom. The van der Waals surface area contributed by atoms with E-state index in [0.29, 0.717) is 53.9 Å². The zero-order valence-corrected chi connectivity index (χ0v) is 35.8. The van der Waals surface area contributed by atoms with Crippen molar-refractivity contribution in [3.05, 3.63) is 60.2 Å². The zero-order chi connectivity index (χ0) is 43.3. The number of aromatic nitrogens is 2. The summed E-state index contributed by atoms with van der Waals surface area (Å²) in [5, 5.41) is 5.75. The van der Waals surface area contributed by atoms with Gasteiger partial charge in [0, 0.05) is 23.3 Å². The molecule has 2 saturated carbocycles. The maximum absolute atomic E-state index is 14.7. The molecule has 2 aliphatic carbocycles. The topological polar surface area (TPSA) is 208 Å². The summed E-state index contributed by atoms with van der Waals surface area (Å²) in [6, 6.07) is 10.7.